The van der Waals surface area contributed by atoms with Gasteiger partial charge in [0.25, 0.3) is 0 Å². The Morgan fingerprint density at radius 1 is 1.00 bits per heavy atom. The minimum atomic E-state index is -0.0827. The van der Waals surface area contributed by atoms with Crippen LogP contribution in [0, 0.1) is 5.92 Å². The van der Waals surface area contributed by atoms with Crippen LogP contribution in [0.3, 0.4) is 0 Å². The highest BCUT2D eigenvalue weighted by atomic mass is 35.5. The van der Waals surface area contributed by atoms with Crippen LogP contribution < -0.4 is 5.73 Å². The Balaban J connectivity index is 0.00000361. The number of rotatable bonds is 9. The Morgan fingerprint density at radius 2 is 1.60 bits per heavy atom. The molecule has 0 aliphatic rings. The van der Waals surface area contributed by atoms with E-state index in [0.717, 1.165) is 6.42 Å². The highest BCUT2D eigenvalue weighted by molar-refractivity contribution is 5.85. The van der Waals surface area contributed by atoms with Gasteiger partial charge in [-0.2, -0.15) is 0 Å². The normalized spacial score (nSPS) is 12.8. The van der Waals surface area contributed by atoms with E-state index in [1.54, 1.807) is 0 Å². The lowest BCUT2D eigenvalue weighted by Crippen LogP contribution is -2.42. The van der Waals surface area contributed by atoms with Gasteiger partial charge in [-0.3, -0.25) is 0 Å². The Morgan fingerprint density at radius 3 is 2.15 bits per heavy atom. The summed E-state index contributed by atoms with van der Waals surface area (Å²) in [5.41, 5.74) is 7.70. The lowest BCUT2D eigenvalue weighted by Gasteiger charge is -2.31. The quantitative estimate of drug-likeness (QED) is 0.610. The minimum absolute atomic E-state index is 0. The molecular formula is C18H32ClN. The van der Waals surface area contributed by atoms with Gasteiger partial charge in [0.1, 0.15) is 0 Å². The SMILES string of the molecule is CCCCCCCC(Cc1ccccc1)C(C)(C)N.Cl. The molecule has 2 heteroatoms. The van der Waals surface area contributed by atoms with E-state index in [1.165, 1.54) is 44.1 Å². The summed E-state index contributed by atoms with van der Waals surface area (Å²) in [4.78, 5) is 0. The van der Waals surface area contributed by atoms with Crippen molar-refractivity contribution in [2.24, 2.45) is 11.7 Å². The highest BCUT2D eigenvalue weighted by Crippen LogP contribution is 2.25. The second-order valence-corrected chi connectivity index (χ2v) is 6.41. The van der Waals surface area contributed by atoms with Crippen LogP contribution in [0.4, 0.5) is 0 Å². The monoisotopic (exact) mass is 297 g/mol. The summed E-state index contributed by atoms with van der Waals surface area (Å²) in [5.74, 6) is 0.580. The average Bonchev–Trinajstić information content (AvgIpc) is 2.37. The van der Waals surface area contributed by atoms with E-state index in [9.17, 15) is 0 Å². The summed E-state index contributed by atoms with van der Waals surface area (Å²) in [6, 6.07) is 10.8. The Bertz CT molecular complexity index is 329. The molecule has 0 spiro atoms. The van der Waals surface area contributed by atoms with Crippen molar-refractivity contribution in [3.8, 4) is 0 Å². The Hall–Kier alpha value is -0.530. The van der Waals surface area contributed by atoms with Gasteiger partial charge in [0.05, 0.1) is 0 Å². The first-order valence-corrected chi connectivity index (χ1v) is 7.87. The molecule has 0 saturated carbocycles. The first-order chi connectivity index (χ1) is 9.04. The molecule has 0 aliphatic carbocycles. The van der Waals surface area contributed by atoms with E-state index < -0.39 is 0 Å². The van der Waals surface area contributed by atoms with Gasteiger partial charge in [-0.15, -0.1) is 12.4 Å². The molecule has 0 aliphatic heterocycles. The molecule has 0 heterocycles. The number of benzene rings is 1. The van der Waals surface area contributed by atoms with Crippen molar-refractivity contribution in [2.75, 3.05) is 0 Å². The molecule has 0 saturated heterocycles. The van der Waals surface area contributed by atoms with Crippen molar-refractivity contribution in [1.29, 1.82) is 0 Å². The molecule has 0 aromatic heterocycles. The number of halogens is 1. The number of hydrogen-bond donors (Lipinski definition) is 1. The molecule has 0 bridgehead atoms. The molecule has 20 heavy (non-hydrogen) atoms. The summed E-state index contributed by atoms with van der Waals surface area (Å²) < 4.78 is 0. The largest absolute Gasteiger partial charge is 0.325 e. The zero-order chi connectivity index (χ0) is 14.1. The lowest BCUT2D eigenvalue weighted by atomic mass is 9.80. The molecule has 0 radical (unpaired) electrons. The molecule has 116 valence electrons. The average molecular weight is 298 g/mol. The zero-order valence-corrected chi connectivity index (χ0v) is 14.2. The number of unbranched alkanes of at least 4 members (excludes halogenated alkanes) is 4. The maximum atomic E-state index is 6.37. The van der Waals surface area contributed by atoms with Gasteiger partial charge in [-0.05, 0) is 38.2 Å². The van der Waals surface area contributed by atoms with Crippen molar-refractivity contribution >= 4 is 12.4 Å². The first-order valence-electron chi connectivity index (χ1n) is 7.87. The van der Waals surface area contributed by atoms with Crippen LogP contribution in [0.15, 0.2) is 30.3 Å². The summed E-state index contributed by atoms with van der Waals surface area (Å²) in [7, 11) is 0. The van der Waals surface area contributed by atoms with Crippen molar-refractivity contribution < 1.29 is 0 Å². The fourth-order valence-corrected chi connectivity index (χ4v) is 2.63. The molecule has 0 fully saturated rings. The van der Waals surface area contributed by atoms with Crippen LogP contribution in [-0.4, -0.2) is 5.54 Å². The lowest BCUT2D eigenvalue weighted by molar-refractivity contribution is 0.290. The van der Waals surface area contributed by atoms with E-state index in [4.69, 9.17) is 5.73 Å². The van der Waals surface area contributed by atoms with Crippen LogP contribution in [0.5, 0.6) is 0 Å². The second kappa shape index (κ2) is 10.2. The van der Waals surface area contributed by atoms with Crippen LogP contribution >= 0.6 is 12.4 Å². The van der Waals surface area contributed by atoms with Crippen molar-refractivity contribution in [3.63, 3.8) is 0 Å². The van der Waals surface area contributed by atoms with Crippen molar-refractivity contribution in [1.82, 2.24) is 0 Å². The first kappa shape index (κ1) is 19.5. The maximum Gasteiger partial charge on any atom is 0.0129 e. The third-order valence-corrected chi connectivity index (χ3v) is 4.03. The molecule has 1 nitrogen and oxygen atoms in total. The van der Waals surface area contributed by atoms with Crippen LogP contribution in [0.2, 0.25) is 0 Å². The van der Waals surface area contributed by atoms with Gasteiger partial charge in [0.2, 0.25) is 0 Å². The fraction of sp³-hybridized carbons (Fsp3) is 0.667. The highest BCUT2D eigenvalue weighted by Gasteiger charge is 2.24. The van der Waals surface area contributed by atoms with E-state index in [1.807, 2.05) is 0 Å². The van der Waals surface area contributed by atoms with E-state index in [2.05, 4.69) is 51.1 Å². The molecule has 0 amide bonds. The second-order valence-electron chi connectivity index (χ2n) is 6.41. The van der Waals surface area contributed by atoms with Gasteiger partial charge in [0.15, 0.2) is 0 Å². The van der Waals surface area contributed by atoms with Gasteiger partial charge < -0.3 is 5.73 Å². The maximum absolute atomic E-state index is 6.37. The molecule has 1 unspecified atom stereocenters. The van der Waals surface area contributed by atoms with Crippen molar-refractivity contribution in [2.45, 2.75) is 71.3 Å². The van der Waals surface area contributed by atoms with Gasteiger partial charge in [-0.1, -0.05) is 69.4 Å². The van der Waals surface area contributed by atoms with E-state index >= 15 is 0 Å². The summed E-state index contributed by atoms with van der Waals surface area (Å²) in [6.45, 7) is 6.61. The Labute approximate surface area is 131 Å². The molecule has 2 N–H and O–H groups in total. The molecule has 1 aromatic rings. The van der Waals surface area contributed by atoms with Crippen LogP contribution in [0.25, 0.3) is 0 Å². The number of hydrogen-bond acceptors (Lipinski definition) is 1. The van der Waals surface area contributed by atoms with E-state index in [-0.39, 0.29) is 17.9 Å². The smallest absolute Gasteiger partial charge is 0.0129 e. The standard InChI is InChI=1S/C18H31N.ClH/c1-4-5-6-7-11-14-17(18(2,3)19)15-16-12-9-8-10-13-16;/h8-10,12-13,17H,4-7,11,14-15,19H2,1-3H3;1H. The van der Waals surface area contributed by atoms with Gasteiger partial charge >= 0.3 is 0 Å². The third-order valence-electron chi connectivity index (χ3n) is 4.03. The fourth-order valence-electron chi connectivity index (χ4n) is 2.63. The molecule has 1 rings (SSSR count). The predicted molar refractivity (Wildman–Crippen MR) is 92.5 cm³/mol. The number of nitrogens with two attached hydrogens (primary N) is 1. The summed E-state index contributed by atoms with van der Waals surface area (Å²) in [6.07, 6.45) is 9.10. The molecule has 1 aromatic carbocycles. The third kappa shape index (κ3) is 7.91. The molecular weight excluding hydrogens is 266 g/mol. The topological polar surface area (TPSA) is 26.0 Å². The zero-order valence-electron chi connectivity index (χ0n) is 13.4. The Kier molecular flexibility index (Phi) is 9.96. The minimum Gasteiger partial charge on any atom is -0.325 e. The summed E-state index contributed by atoms with van der Waals surface area (Å²) >= 11 is 0. The van der Waals surface area contributed by atoms with Crippen LogP contribution in [0.1, 0.15) is 64.9 Å². The van der Waals surface area contributed by atoms with Gasteiger partial charge in [0, 0.05) is 5.54 Å². The van der Waals surface area contributed by atoms with Crippen molar-refractivity contribution in [3.05, 3.63) is 35.9 Å². The summed E-state index contributed by atoms with van der Waals surface area (Å²) in [5, 5.41) is 0. The van der Waals surface area contributed by atoms with E-state index in [0.29, 0.717) is 5.92 Å². The van der Waals surface area contributed by atoms with Crippen LogP contribution in [-0.2, 0) is 6.42 Å². The molecule has 1 atom stereocenters. The van der Waals surface area contributed by atoms with Gasteiger partial charge in [-0.25, -0.2) is 0 Å². The predicted octanol–water partition coefficient (Wildman–Crippen LogP) is 5.36.